The lowest BCUT2D eigenvalue weighted by Crippen LogP contribution is -2.43. The summed E-state index contributed by atoms with van der Waals surface area (Å²) in [4.78, 5) is 25.0. The van der Waals surface area contributed by atoms with Crippen molar-refractivity contribution in [3.05, 3.63) is 34.3 Å². The normalized spacial score (nSPS) is 11.8. The van der Waals surface area contributed by atoms with Gasteiger partial charge in [0, 0.05) is 11.5 Å². The largest absolute Gasteiger partial charge is 0.394 e. The molecule has 0 heterocycles. The van der Waals surface area contributed by atoms with Crippen molar-refractivity contribution in [1.29, 1.82) is 0 Å². The average Bonchev–Trinajstić information content (AvgIpc) is 2.43. The van der Waals surface area contributed by atoms with Crippen molar-refractivity contribution < 1.29 is 14.7 Å². The molecule has 0 aliphatic carbocycles. The van der Waals surface area contributed by atoms with Crippen LogP contribution in [-0.4, -0.2) is 48.1 Å². The number of aliphatic hydroxyl groups is 1. The van der Waals surface area contributed by atoms with Gasteiger partial charge in [0.05, 0.1) is 24.8 Å². The van der Waals surface area contributed by atoms with Crippen LogP contribution < -0.4 is 5.32 Å². The summed E-state index contributed by atoms with van der Waals surface area (Å²) in [5.41, 5.74) is 0.480. The molecule has 0 spiro atoms. The number of aliphatic hydroxyl groups excluding tert-OH is 1. The van der Waals surface area contributed by atoms with Crippen LogP contribution in [0.25, 0.3) is 0 Å². The lowest BCUT2D eigenvalue weighted by Gasteiger charge is -2.23. The molecule has 0 radical (unpaired) electrons. The highest BCUT2D eigenvalue weighted by atomic mass is 79.9. The van der Waals surface area contributed by atoms with Gasteiger partial charge >= 0.3 is 0 Å². The van der Waals surface area contributed by atoms with E-state index in [1.54, 1.807) is 32.2 Å². The Labute approximate surface area is 120 Å². The third kappa shape index (κ3) is 4.33. The van der Waals surface area contributed by atoms with Crippen molar-refractivity contribution in [3.8, 4) is 0 Å². The molecule has 0 saturated heterocycles. The Bertz CT molecular complexity index is 465. The fourth-order valence-electron chi connectivity index (χ4n) is 1.39. The summed E-state index contributed by atoms with van der Waals surface area (Å²) in [6.07, 6.45) is 0. The number of hydrogen-bond acceptors (Lipinski definition) is 3. The van der Waals surface area contributed by atoms with Crippen LogP contribution in [0.15, 0.2) is 28.7 Å². The van der Waals surface area contributed by atoms with Crippen LogP contribution in [0.2, 0.25) is 0 Å². The summed E-state index contributed by atoms with van der Waals surface area (Å²) < 4.78 is 0.678. The molecule has 19 heavy (non-hydrogen) atoms. The molecule has 0 aromatic heterocycles. The quantitative estimate of drug-likeness (QED) is 0.847. The van der Waals surface area contributed by atoms with Crippen LogP contribution in [0.3, 0.4) is 0 Å². The zero-order valence-corrected chi connectivity index (χ0v) is 12.5. The first-order chi connectivity index (χ1) is 8.97. The number of nitrogens with zero attached hydrogens (tertiary/aromatic N) is 1. The van der Waals surface area contributed by atoms with Gasteiger partial charge in [0.2, 0.25) is 5.91 Å². The number of carbonyl (C=O) groups excluding carboxylic acids is 2. The van der Waals surface area contributed by atoms with Crippen LogP contribution in [-0.2, 0) is 4.79 Å². The van der Waals surface area contributed by atoms with Crippen LogP contribution >= 0.6 is 15.9 Å². The van der Waals surface area contributed by atoms with Gasteiger partial charge in [-0.25, -0.2) is 0 Å². The van der Waals surface area contributed by atoms with E-state index in [9.17, 15) is 9.59 Å². The molecule has 0 bridgehead atoms. The molecule has 1 rings (SSSR count). The Morgan fingerprint density at radius 1 is 1.42 bits per heavy atom. The van der Waals surface area contributed by atoms with E-state index in [4.69, 9.17) is 5.11 Å². The topological polar surface area (TPSA) is 69.6 Å². The average molecular weight is 329 g/mol. The van der Waals surface area contributed by atoms with E-state index in [2.05, 4.69) is 21.2 Å². The van der Waals surface area contributed by atoms with Gasteiger partial charge in [0.1, 0.15) is 0 Å². The first-order valence-corrected chi connectivity index (χ1v) is 6.66. The van der Waals surface area contributed by atoms with Gasteiger partial charge in [-0.3, -0.25) is 9.59 Å². The van der Waals surface area contributed by atoms with Gasteiger partial charge in [0.15, 0.2) is 0 Å². The maximum atomic E-state index is 11.9. The molecule has 6 heteroatoms. The summed E-state index contributed by atoms with van der Waals surface area (Å²) in [5, 5.41) is 11.5. The molecular formula is C13H17BrN2O3. The van der Waals surface area contributed by atoms with Crippen molar-refractivity contribution in [1.82, 2.24) is 10.2 Å². The number of likely N-dealkylation sites (N-methyl/N-ethyl adjacent to an activating group) is 1. The molecule has 0 saturated carbocycles. The van der Waals surface area contributed by atoms with Gasteiger partial charge in [-0.05, 0) is 35.0 Å². The molecule has 2 amide bonds. The van der Waals surface area contributed by atoms with Crippen molar-refractivity contribution in [2.75, 3.05) is 20.2 Å². The van der Waals surface area contributed by atoms with Gasteiger partial charge in [-0.2, -0.15) is 0 Å². The molecule has 1 atom stereocenters. The Kier molecular flexibility index (Phi) is 5.98. The fraction of sp³-hybridized carbons (Fsp3) is 0.385. The lowest BCUT2D eigenvalue weighted by molar-refractivity contribution is -0.131. The standard InChI is InChI=1S/C13H17BrN2O3/c1-9(8-17)16(2)12(18)7-15-13(19)10-5-3-4-6-11(10)14/h3-6,9,17H,7-8H2,1-2H3,(H,15,19). The Morgan fingerprint density at radius 2 is 2.05 bits per heavy atom. The number of amides is 2. The zero-order chi connectivity index (χ0) is 14.4. The molecule has 2 N–H and O–H groups in total. The third-order valence-electron chi connectivity index (χ3n) is 2.84. The summed E-state index contributed by atoms with van der Waals surface area (Å²) in [5.74, 6) is -0.562. The second kappa shape index (κ2) is 7.25. The highest BCUT2D eigenvalue weighted by Gasteiger charge is 2.16. The van der Waals surface area contributed by atoms with Gasteiger partial charge in [0.25, 0.3) is 5.91 Å². The van der Waals surface area contributed by atoms with Crippen molar-refractivity contribution >= 4 is 27.7 Å². The predicted molar refractivity (Wildman–Crippen MR) is 75.8 cm³/mol. The van der Waals surface area contributed by atoms with E-state index in [-0.39, 0.29) is 31.0 Å². The van der Waals surface area contributed by atoms with Crippen LogP contribution in [0.4, 0.5) is 0 Å². The second-order valence-corrected chi connectivity index (χ2v) is 5.05. The van der Waals surface area contributed by atoms with Crippen LogP contribution in [0, 0.1) is 0 Å². The van der Waals surface area contributed by atoms with Gasteiger partial charge in [-0.15, -0.1) is 0 Å². The lowest BCUT2D eigenvalue weighted by atomic mass is 10.2. The number of nitrogens with one attached hydrogen (secondary N) is 1. The van der Waals surface area contributed by atoms with Crippen molar-refractivity contribution in [2.45, 2.75) is 13.0 Å². The summed E-state index contributed by atoms with van der Waals surface area (Å²) in [6.45, 7) is 1.52. The highest BCUT2D eigenvalue weighted by molar-refractivity contribution is 9.10. The first kappa shape index (κ1) is 15.7. The molecule has 0 aliphatic rings. The number of hydrogen-bond donors (Lipinski definition) is 2. The van der Waals surface area contributed by atoms with Gasteiger partial charge < -0.3 is 15.3 Å². The van der Waals surface area contributed by atoms with Crippen molar-refractivity contribution in [2.24, 2.45) is 0 Å². The molecule has 0 fully saturated rings. The Hall–Kier alpha value is -1.40. The van der Waals surface area contributed by atoms with Crippen molar-refractivity contribution in [3.63, 3.8) is 0 Å². The second-order valence-electron chi connectivity index (χ2n) is 4.20. The third-order valence-corrected chi connectivity index (χ3v) is 3.53. The van der Waals surface area contributed by atoms with E-state index in [1.807, 2.05) is 6.07 Å². The molecule has 5 nitrogen and oxygen atoms in total. The van der Waals surface area contributed by atoms with E-state index in [0.717, 1.165) is 0 Å². The maximum Gasteiger partial charge on any atom is 0.252 e. The van der Waals surface area contributed by atoms with Crippen LogP contribution in [0.5, 0.6) is 0 Å². The summed E-state index contributed by atoms with van der Waals surface area (Å²) >= 11 is 3.28. The number of halogens is 1. The highest BCUT2D eigenvalue weighted by Crippen LogP contribution is 2.15. The molecule has 0 aliphatic heterocycles. The molecule has 1 aromatic rings. The maximum absolute atomic E-state index is 11.9. The molecule has 104 valence electrons. The summed E-state index contributed by atoms with van der Waals surface area (Å²) in [6, 6.07) is 6.72. The van der Waals surface area contributed by atoms with Crippen LogP contribution in [0.1, 0.15) is 17.3 Å². The molecule has 1 unspecified atom stereocenters. The van der Waals surface area contributed by atoms with Gasteiger partial charge in [-0.1, -0.05) is 12.1 Å². The van der Waals surface area contributed by atoms with E-state index < -0.39 is 0 Å². The predicted octanol–water partition coefficient (Wildman–Crippen LogP) is 1.02. The smallest absolute Gasteiger partial charge is 0.252 e. The summed E-state index contributed by atoms with van der Waals surface area (Å²) in [7, 11) is 1.59. The number of benzene rings is 1. The van der Waals surface area contributed by atoms with E-state index in [0.29, 0.717) is 10.0 Å². The minimum Gasteiger partial charge on any atom is -0.394 e. The SMILES string of the molecule is CC(CO)N(C)C(=O)CNC(=O)c1ccccc1Br. The first-order valence-electron chi connectivity index (χ1n) is 5.86. The Balaban J connectivity index is 2.56. The molecular weight excluding hydrogens is 312 g/mol. The number of rotatable bonds is 5. The Morgan fingerprint density at radius 3 is 2.63 bits per heavy atom. The van der Waals surface area contributed by atoms with E-state index >= 15 is 0 Å². The fourth-order valence-corrected chi connectivity index (χ4v) is 1.85. The number of carbonyl (C=O) groups is 2. The molecule has 1 aromatic carbocycles. The minimum atomic E-state index is -0.314. The monoisotopic (exact) mass is 328 g/mol. The van der Waals surface area contributed by atoms with E-state index in [1.165, 1.54) is 4.90 Å². The minimum absolute atomic E-state index is 0.0962. The zero-order valence-electron chi connectivity index (χ0n) is 10.9.